The predicted molar refractivity (Wildman–Crippen MR) is 50.4 cm³/mol. The number of halogens is 4. The fraction of sp³-hybridized carbons (Fsp3) is 0.250. The van der Waals surface area contributed by atoms with Crippen molar-refractivity contribution in [3.8, 4) is 5.75 Å². The SMILES string of the molecule is NCc1cc(N)cc(Cl)c1OC(F)(F)F. The summed E-state index contributed by atoms with van der Waals surface area (Å²) in [7, 11) is 0. The maximum atomic E-state index is 12.0. The zero-order valence-electron chi connectivity index (χ0n) is 7.44. The lowest BCUT2D eigenvalue weighted by Crippen LogP contribution is -2.19. The molecule has 0 aliphatic rings. The Balaban J connectivity index is 3.15. The van der Waals surface area contributed by atoms with Gasteiger partial charge in [-0.05, 0) is 12.1 Å². The molecule has 0 unspecified atom stereocenters. The molecule has 0 bridgehead atoms. The van der Waals surface area contributed by atoms with Gasteiger partial charge in [0.1, 0.15) is 0 Å². The van der Waals surface area contributed by atoms with Crippen LogP contribution in [0.5, 0.6) is 5.75 Å². The number of benzene rings is 1. The molecule has 84 valence electrons. The van der Waals surface area contributed by atoms with E-state index in [0.717, 1.165) is 0 Å². The monoisotopic (exact) mass is 240 g/mol. The minimum Gasteiger partial charge on any atom is -0.404 e. The molecule has 1 aromatic rings. The third kappa shape index (κ3) is 3.17. The van der Waals surface area contributed by atoms with Crippen LogP contribution in [0, 0.1) is 0 Å². The lowest BCUT2D eigenvalue weighted by molar-refractivity contribution is -0.274. The fourth-order valence-corrected chi connectivity index (χ4v) is 1.34. The van der Waals surface area contributed by atoms with Gasteiger partial charge in [0, 0.05) is 17.8 Å². The van der Waals surface area contributed by atoms with Crippen molar-refractivity contribution in [2.45, 2.75) is 12.9 Å². The number of nitrogens with two attached hydrogens (primary N) is 2. The van der Waals surface area contributed by atoms with E-state index in [9.17, 15) is 13.2 Å². The molecule has 1 aromatic carbocycles. The first-order chi connectivity index (χ1) is 6.83. The van der Waals surface area contributed by atoms with Gasteiger partial charge in [0.05, 0.1) is 5.02 Å². The van der Waals surface area contributed by atoms with Crippen LogP contribution in [0.4, 0.5) is 18.9 Å². The Morgan fingerprint density at radius 2 is 1.93 bits per heavy atom. The van der Waals surface area contributed by atoms with Crippen LogP contribution >= 0.6 is 11.6 Å². The summed E-state index contributed by atoms with van der Waals surface area (Å²) < 4.78 is 39.7. The molecule has 0 saturated heterocycles. The molecule has 0 atom stereocenters. The zero-order chi connectivity index (χ0) is 11.6. The highest BCUT2D eigenvalue weighted by Crippen LogP contribution is 2.35. The largest absolute Gasteiger partial charge is 0.573 e. The van der Waals surface area contributed by atoms with Crippen molar-refractivity contribution < 1.29 is 17.9 Å². The number of nitrogen functional groups attached to an aromatic ring is 1. The molecule has 15 heavy (non-hydrogen) atoms. The lowest BCUT2D eigenvalue weighted by atomic mass is 10.2. The normalized spacial score (nSPS) is 11.5. The molecule has 7 heteroatoms. The van der Waals surface area contributed by atoms with Gasteiger partial charge in [-0.25, -0.2) is 0 Å². The molecule has 0 spiro atoms. The van der Waals surface area contributed by atoms with E-state index in [-0.39, 0.29) is 22.8 Å². The summed E-state index contributed by atoms with van der Waals surface area (Å²) in [5.41, 5.74) is 11.0. The zero-order valence-corrected chi connectivity index (χ0v) is 8.19. The van der Waals surface area contributed by atoms with E-state index in [1.807, 2.05) is 0 Å². The standard InChI is InChI=1S/C8H8ClF3N2O/c9-6-2-5(14)1-4(3-13)7(6)15-8(10,11)12/h1-2H,3,13-14H2. The molecule has 0 heterocycles. The molecule has 3 nitrogen and oxygen atoms in total. The van der Waals surface area contributed by atoms with Crippen molar-refractivity contribution in [2.24, 2.45) is 5.73 Å². The summed E-state index contributed by atoms with van der Waals surface area (Å²) in [6.07, 6.45) is -4.80. The first-order valence-electron chi connectivity index (χ1n) is 3.87. The van der Waals surface area contributed by atoms with Crippen molar-refractivity contribution >= 4 is 17.3 Å². The van der Waals surface area contributed by atoms with Crippen LogP contribution in [0.25, 0.3) is 0 Å². The fourth-order valence-electron chi connectivity index (χ4n) is 1.06. The topological polar surface area (TPSA) is 61.3 Å². The Morgan fingerprint density at radius 1 is 1.33 bits per heavy atom. The summed E-state index contributed by atoms with van der Waals surface area (Å²) in [6.45, 7) is -0.143. The summed E-state index contributed by atoms with van der Waals surface area (Å²) in [5, 5.41) is -0.215. The van der Waals surface area contributed by atoms with Crippen molar-refractivity contribution in [1.29, 1.82) is 0 Å². The van der Waals surface area contributed by atoms with Gasteiger partial charge in [0.25, 0.3) is 0 Å². The van der Waals surface area contributed by atoms with Crippen LogP contribution in [-0.4, -0.2) is 6.36 Å². The van der Waals surface area contributed by atoms with Crippen LogP contribution < -0.4 is 16.2 Å². The molecule has 0 aromatic heterocycles. The van der Waals surface area contributed by atoms with E-state index in [4.69, 9.17) is 23.1 Å². The molecule has 1 rings (SSSR count). The molecule has 0 fully saturated rings. The summed E-state index contributed by atoms with van der Waals surface area (Å²) in [5.74, 6) is -0.499. The number of anilines is 1. The highest BCUT2D eigenvalue weighted by atomic mass is 35.5. The molecule has 0 amide bonds. The van der Waals surface area contributed by atoms with Gasteiger partial charge in [-0.2, -0.15) is 0 Å². The molecule has 0 saturated carbocycles. The Morgan fingerprint density at radius 3 is 2.40 bits per heavy atom. The van der Waals surface area contributed by atoms with Crippen molar-refractivity contribution in [1.82, 2.24) is 0 Å². The predicted octanol–water partition coefficient (Wildman–Crippen LogP) is 2.28. The second kappa shape index (κ2) is 4.16. The van der Waals surface area contributed by atoms with E-state index >= 15 is 0 Å². The van der Waals surface area contributed by atoms with Crippen LogP contribution in [0.15, 0.2) is 12.1 Å². The quantitative estimate of drug-likeness (QED) is 0.780. The van der Waals surface area contributed by atoms with Gasteiger partial charge < -0.3 is 16.2 Å². The molecular formula is C8H8ClF3N2O. The average molecular weight is 241 g/mol. The highest BCUT2D eigenvalue weighted by Gasteiger charge is 2.33. The molecule has 4 N–H and O–H groups in total. The van der Waals surface area contributed by atoms with Crippen LogP contribution in [0.3, 0.4) is 0 Å². The van der Waals surface area contributed by atoms with Gasteiger partial charge in [-0.3, -0.25) is 0 Å². The summed E-state index contributed by atoms with van der Waals surface area (Å²) in [4.78, 5) is 0. The maximum absolute atomic E-state index is 12.0. The summed E-state index contributed by atoms with van der Waals surface area (Å²) in [6, 6.07) is 2.45. The first-order valence-corrected chi connectivity index (χ1v) is 4.25. The second-order valence-electron chi connectivity index (χ2n) is 2.74. The third-order valence-electron chi connectivity index (χ3n) is 1.58. The van der Waals surface area contributed by atoms with Crippen molar-refractivity contribution in [3.05, 3.63) is 22.7 Å². The van der Waals surface area contributed by atoms with Crippen molar-refractivity contribution in [3.63, 3.8) is 0 Å². The van der Waals surface area contributed by atoms with E-state index in [0.29, 0.717) is 0 Å². The number of hydrogen-bond acceptors (Lipinski definition) is 3. The third-order valence-corrected chi connectivity index (χ3v) is 1.86. The number of ether oxygens (including phenoxy) is 1. The van der Waals surface area contributed by atoms with Crippen LogP contribution in [0.1, 0.15) is 5.56 Å². The smallest absolute Gasteiger partial charge is 0.404 e. The lowest BCUT2D eigenvalue weighted by Gasteiger charge is -2.14. The Bertz CT molecular complexity index is 368. The number of alkyl halides is 3. The number of hydrogen-bond donors (Lipinski definition) is 2. The van der Waals surface area contributed by atoms with Crippen LogP contribution in [-0.2, 0) is 6.54 Å². The van der Waals surface area contributed by atoms with Gasteiger partial charge >= 0.3 is 6.36 Å². The average Bonchev–Trinajstić information content (AvgIpc) is 2.07. The Kier molecular flexibility index (Phi) is 3.31. The van der Waals surface area contributed by atoms with E-state index < -0.39 is 12.1 Å². The molecule has 0 radical (unpaired) electrons. The minimum atomic E-state index is -4.80. The van der Waals surface area contributed by atoms with Crippen molar-refractivity contribution in [2.75, 3.05) is 5.73 Å². The van der Waals surface area contributed by atoms with E-state index in [1.165, 1.54) is 12.1 Å². The van der Waals surface area contributed by atoms with E-state index in [2.05, 4.69) is 4.74 Å². The van der Waals surface area contributed by atoms with Crippen LogP contribution in [0.2, 0.25) is 5.02 Å². The molecular weight excluding hydrogens is 233 g/mol. The minimum absolute atomic E-state index is 0.109. The van der Waals surface area contributed by atoms with Gasteiger partial charge in [0.2, 0.25) is 0 Å². The Labute approximate surface area is 88.8 Å². The van der Waals surface area contributed by atoms with Gasteiger partial charge in [-0.15, -0.1) is 13.2 Å². The summed E-state index contributed by atoms with van der Waals surface area (Å²) >= 11 is 5.56. The van der Waals surface area contributed by atoms with E-state index in [1.54, 1.807) is 0 Å². The van der Waals surface area contributed by atoms with Gasteiger partial charge in [-0.1, -0.05) is 11.6 Å². The van der Waals surface area contributed by atoms with Gasteiger partial charge in [0.15, 0.2) is 5.75 Å². The second-order valence-corrected chi connectivity index (χ2v) is 3.15. The molecule has 0 aliphatic heterocycles. The first kappa shape index (κ1) is 11.9. The maximum Gasteiger partial charge on any atom is 0.573 e. The highest BCUT2D eigenvalue weighted by molar-refractivity contribution is 6.32. The number of rotatable bonds is 2. The Hall–Kier alpha value is -1.14. The molecule has 0 aliphatic carbocycles.